The molecule has 102 valence electrons. The van der Waals surface area contributed by atoms with Crippen LogP contribution in [0.25, 0.3) is 0 Å². The normalized spacial score (nSPS) is 22.2. The summed E-state index contributed by atoms with van der Waals surface area (Å²) in [5.74, 6) is 0.651. The van der Waals surface area contributed by atoms with Crippen LogP contribution in [-0.4, -0.2) is 42.5 Å². The molecule has 0 radical (unpaired) electrons. The number of hydrogen-bond donors (Lipinski definition) is 1. The van der Waals surface area contributed by atoms with E-state index in [2.05, 4.69) is 34.3 Å². The number of hydrogen-bond acceptors (Lipinski definition) is 6. The van der Waals surface area contributed by atoms with Gasteiger partial charge in [-0.25, -0.2) is 0 Å². The first-order chi connectivity index (χ1) is 8.70. The van der Waals surface area contributed by atoms with E-state index in [1.807, 2.05) is 6.92 Å². The second-order valence-corrected chi connectivity index (χ2v) is 4.73. The molecule has 0 spiro atoms. The molecule has 1 fully saturated rings. The van der Waals surface area contributed by atoms with Gasteiger partial charge in [0.15, 0.2) is 0 Å². The van der Waals surface area contributed by atoms with Crippen molar-refractivity contribution < 1.29 is 9.15 Å². The van der Waals surface area contributed by atoms with Gasteiger partial charge in [0.2, 0.25) is 5.89 Å². The average molecular weight is 254 g/mol. The van der Waals surface area contributed by atoms with Gasteiger partial charge in [0.1, 0.15) is 0 Å². The summed E-state index contributed by atoms with van der Waals surface area (Å²) in [4.78, 5) is 2.08. The van der Waals surface area contributed by atoms with E-state index in [0.29, 0.717) is 18.5 Å². The lowest BCUT2D eigenvalue weighted by Crippen LogP contribution is -2.41. The standard InChI is InChI=1S/C12H22N4O2/c1-4-5-13-10(3)11-14-15-12(18-11)16-6-7-17-9(2)8-16/h9-10,13H,4-8H2,1-3H3. The Morgan fingerprint density at radius 3 is 3.06 bits per heavy atom. The number of rotatable bonds is 5. The SMILES string of the molecule is CCCNC(C)c1nnc(N2CCOC(C)C2)o1. The summed E-state index contributed by atoms with van der Waals surface area (Å²) in [6.45, 7) is 9.50. The summed E-state index contributed by atoms with van der Waals surface area (Å²) in [6.07, 6.45) is 1.30. The molecular weight excluding hydrogens is 232 g/mol. The Bertz CT molecular complexity index is 369. The van der Waals surface area contributed by atoms with Gasteiger partial charge in [-0.2, -0.15) is 0 Å². The summed E-state index contributed by atoms with van der Waals surface area (Å²) in [5.41, 5.74) is 0. The summed E-state index contributed by atoms with van der Waals surface area (Å²) < 4.78 is 11.2. The number of aromatic nitrogens is 2. The number of morpholine rings is 1. The predicted molar refractivity (Wildman–Crippen MR) is 68.6 cm³/mol. The Balaban J connectivity index is 1.96. The Labute approximate surface area is 108 Å². The molecule has 0 aliphatic carbocycles. The van der Waals surface area contributed by atoms with Crippen LogP contribution < -0.4 is 10.2 Å². The molecule has 1 aromatic rings. The van der Waals surface area contributed by atoms with E-state index in [-0.39, 0.29) is 12.1 Å². The Morgan fingerprint density at radius 1 is 1.50 bits per heavy atom. The minimum absolute atomic E-state index is 0.102. The van der Waals surface area contributed by atoms with Gasteiger partial charge in [0, 0.05) is 13.1 Å². The molecule has 2 atom stereocenters. The van der Waals surface area contributed by atoms with Gasteiger partial charge in [-0.05, 0) is 26.8 Å². The van der Waals surface area contributed by atoms with Gasteiger partial charge in [0.05, 0.1) is 18.8 Å². The van der Waals surface area contributed by atoms with E-state index < -0.39 is 0 Å². The first-order valence-electron chi connectivity index (χ1n) is 6.64. The van der Waals surface area contributed by atoms with E-state index in [4.69, 9.17) is 9.15 Å². The van der Waals surface area contributed by atoms with Gasteiger partial charge in [-0.15, -0.1) is 5.10 Å². The first kappa shape index (κ1) is 13.3. The molecule has 0 amide bonds. The maximum absolute atomic E-state index is 5.72. The molecular formula is C12H22N4O2. The molecule has 2 heterocycles. The van der Waals surface area contributed by atoms with Crippen LogP contribution in [0.3, 0.4) is 0 Å². The number of nitrogens with one attached hydrogen (secondary N) is 1. The van der Waals surface area contributed by atoms with Crippen molar-refractivity contribution in [2.24, 2.45) is 0 Å². The third kappa shape index (κ3) is 3.20. The lowest BCUT2D eigenvalue weighted by Gasteiger charge is -2.29. The largest absolute Gasteiger partial charge is 0.406 e. The van der Waals surface area contributed by atoms with Crippen molar-refractivity contribution in [1.82, 2.24) is 15.5 Å². The highest BCUT2D eigenvalue weighted by atomic mass is 16.5. The molecule has 0 bridgehead atoms. The third-order valence-electron chi connectivity index (χ3n) is 3.01. The highest BCUT2D eigenvalue weighted by Crippen LogP contribution is 2.19. The highest BCUT2D eigenvalue weighted by Gasteiger charge is 2.22. The lowest BCUT2D eigenvalue weighted by atomic mass is 10.3. The van der Waals surface area contributed by atoms with Crippen molar-refractivity contribution in [3.63, 3.8) is 0 Å². The van der Waals surface area contributed by atoms with Crippen molar-refractivity contribution in [1.29, 1.82) is 0 Å². The Morgan fingerprint density at radius 2 is 2.33 bits per heavy atom. The maximum atomic E-state index is 5.72. The van der Waals surface area contributed by atoms with E-state index in [9.17, 15) is 0 Å². The van der Waals surface area contributed by atoms with Crippen LogP contribution in [0.1, 0.15) is 39.1 Å². The Hall–Kier alpha value is -1.14. The van der Waals surface area contributed by atoms with Crippen molar-refractivity contribution in [2.75, 3.05) is 31.1 Å². The zero-order chi connectivity index (χ0) is 13.0. The van der Waals surface area contributed by atoms with Gasteiger partial charge in [0.25, 0.3) is 0 Å². The van der Waals surface area contributed by atoms with Crippen LogP contribution >= 0.6 is 0 Å². The summed E-state index contributed by atoms with van der Waals surface area (Å²) in [7, 11) is 0. The second kappa shape index (κ2) is 6.15. The monoisotopic (exact) mass is 254 g/mol. The lowest BCUT2D eigenvalue weighted by molar-refractivity contribution is 0.0512. The smallest absolute Gasteiger partial charge is 0.318 e. The van der Waals surface area contributed by atoms with Crippen LogP contribution in [0.2, 0.25) is 0 Å². The van der Waals surface area contributed by atoms with Crippen molar-refractivity contribution in [3.05, 3.63) is 5.89 Å². The Kier molecular flexibility index (Phi) is 4.54. The zero-order valence-electron chi connectivity index (χ0n) is 11.3. The van der Waals surface area contributed by atoms with Crippen molar-refractivity contribution in [2.45, 2.75) is 39.3 Å². The molecule has 1 saturated heterocycles. The van der Waals surface area contributed by atoms with Gasteiger partial charge >= 0.3 is 6.01 Å². The maximum Gasteiger partial charge on any atom is 0.318 e. The summed E-state index contributed by atoms with van der Waals surface area (Å²) in [5, 5.41) is 11.6. The fraction of sp³-hybridized carbons (Fsp3) is 0.833. The molecule has 1 aliphatic heterocycles. The van der Waals surface area contributed by atoms with E-state index in [1.54, 1.807) is 0 Å². The molecule has 6 nitrogen and oxygen atoms in total. The van der Waals surface area contributed by atoms with Gasteiger partial charge in [-0.3, -0.25) is 0 Å². The third-order valence-corrected chi connectivity index (χ3v) is 3.01. The predicted octanol–water partition coefficient (Wildman–Crippen LogP) is 1.36. The minimum Gasteiger partial charge on any atom is -0.406 e. The molecule has 1 aromatic heterocycles. The number of ether oxygens (including phenoxy) is 1. The topological polar surface area (TPSA) is 63.4 Å². The summed E-state index contributed by atoms with van der Waals surface area (Å²) in [6, 6.07) is 0.704. The fourth-order valence-corrected chi connectivity index (χ4v) is 1.97. The van der Waals surface area contributed by atoms with Crippen LogP contribution in [-0.2, 0) is 4.74 Å². The summed E-state index contributed by atoms with van der Waals surface area (Å²) >= 11 is 0. The highest BCUT2D eigenvalue weighted by molar-refractivity contribution is 5.25. The van der Waals surface area contributed by atoms with Crippen molar-refractivity contribution >= 4 is 6.01 Å². The molecule has 0 saturated carbocycles. The number of nitrogens with zero attached hydrogens (tertiary/aromatic N) is 3. The van der Waals surface area contributed by atoms with Crippen LogP contribution in [0.5, 0.6) is 0 Å². The quantitative estimate of drug-likeness (QED) is 0.856. The molecule has 18 heavy (non-hydrogen) atoms. The molecule has 1 aliphatic rings. The van der Waals surface area contributed by atoms with E-state index in [0.717, 1.165) is 26.1 Å². The van der Waals surface area contributed by atoms with Crippen LogP contribution in [0.15, 0.2) is 4.42 Å². The molecule has 1 N–H and O–H groups in total. The molecule has 6 heteroatoms. The zero-order valence-corrected chi connectivity index (χ0v) is 11.3. The van der Waals surface area contributed by atoms with Crippen LogP contribution in [0, 0.1) is 0 Å². The van der Waals surface area contributed by atoms with E-state index >= 15 is 0 Å². The molecule has 2 unspecified atom stereocenters. The van der Waals surface area contributed by atoms with E-state index in [1.165, 1.54) is 0 Å². The van der Waals surface area contributed by atoms with Crippen LogP contribution in [0.4, 0.5) is 6.01 Å². The first-order valence-corrected chi connectivity index (χ1v) is 6.64. The fourth-order valence-electron chi connectivity index (χ4n) is 1.97. The molecule has 0 aromatic carbocycles. The van der Waals surface area contributed by atoms with Gasteiger partial charge < -0.3 is 19.4 Å². The number of anilines is 1. The molecule has 2 rings (SSSR count). The minimum atomic E-state index is 0.102. The van der Waals surface area contributed by atoms with Gasteiger partial charge in [-0.1, -0.05) is 12.0 Å². The average Bonchev–Trinajstić information content (AvgIpc) is 2.85. The van der Waals surface area contributed by atoms with Crippen molar-refractivity contribution in [3.8, 4) is 0 Å². The second-order valence-electron chi connectivity index (χ2n) is 4.73.